The first-order valence-corrected chi connectivity index (χ1v) is 8.62. The van der Waals surface area contributed by atoms with E-state index in [1.165, 1.54) is 4.85 Å². The van der Waals surface area contributed by atoms with Crippen LogP contribution in [0, 0.1) is 19.8 Å². The Morgan fingerprint density at radius 3 is 2.76 bits per heavy atom. The molecule has 0 aliphatic carbocycles. The Morgan fingerprint density at radius 1 is 1.24 bits per heavy atom. The zero-order valence-corrected chi connectivity index (χ0v) is 15.5. The summed E-state index contributed by atoms with van der Waals surface area (Å²) in [6.07, 6.45) is 1.03. The first-order valence-electron chi connectivity index (χ1n) is 8.24. The molecule has 0 saturated carbocycles. The Balaban J connectivity index is 2.04. The highest BCUT2D eigenvalue weighted by atomic mass is 35.5. The molecule has 0 aliphatic heterocycles. The van der Waals surface area contributed by atoms with E-state index in [2.05, 4.69) is 39.2 Å². The van der Waals surface area contributed by atoms with Crippen LogP contribution in [-0.2, 0) is 0 Å². The SMILES string of the molecule is CCC(C)COn1nc(C)c2nc(Cl)nc(Nc3cccc(C)n3)c21. The maximum atomic E-state index is 6.09. The van der Waals surface area contributed by atoms with Crippen LogP contribution in [0.15, 0.2) is 18.2 Å². The minimum atomic E-state index is 0.146. The van der Waals surface area contributed by atoms with Gasteiger partial charge in [0.05, 0.1) is 5.69 Å². The van der Waals surface area contributed by atoms with Gasteiger partial charge in [-0.25, -0.2) is 9.97 Å². The Kier molecular flexibility index (Phi) is 5.03. The molecule has 1 unspecified atom stereocenters. The van der Waals surface area contributed by atoms with Crippen LogP contribution in [-0.4, -0.2) is 31.5 Å². The highest BCUT2D eigenvalue weighted by Crippen LogP contribution is 2.26. The molecule has 132 valence electrons. The van der Waals surface area contributed by atoms with Gasteiger partial charge in [0.2, 0.25) is 5.28 Å². The molecule has 3 aromatic heterocycles. The monoisotopic (exact) mass is 360 g/mol. The van der Waals surface area contributed by atoms with E-state index in [1.807, 2.05) is 32.0 Å². The third-order valence-electron chi connectivity index (χ3n) is 3.94. The maximum absolute atomic E-state index is 6.09. The molecule has 0 aliphatic rings. The summed E-state index contributed by atoms with van der Waals surface area (Å²) >= 11 is 6.09. The van der Waals surface area contributed by atoms with Crippen LogP contribution in [0.4, 0.5) is 11.6 Å². The normalized spacial score (nSPS) is 12.4. The highest BCUT2D eigenvalue weighted by Gasteiger charge is 2.18. The fourth-order valence-electron chi connectivity index (χ4n) is 2.32. The Hall–Kier alpha value is -2.41. The van der Waals surface area contributed by atoms with Crippen LogP contribution in [0.2, 0.25) is 5.28 Å². The number of halogens is 1. The molecule has 3 aromatic rings. The van der Waals surface area contributed by atoms with Crippen LogP contribution in [0.3, 0.4) is 0 Å². The molecule has 0 fully saturated rings. The zero-order chi connectivity index (χ0) is 18.0. The summed E-state index contributed by atoms with van der Waals surface area (Å²) in [4.78, 5) is 20.4. The summed E-state index contributed by atoms with van der Waals surface area (Å²) in [5.74, 6) is 1.60. The Morgan fingerprint density at radius 2 is 2.04 bits per heavy atom. The molecule has 0 saturated heterocycles. The van der Waals surface area contributed by atoms with Crippen LogP contribution in [0.25, 0.3) is 11.0 Å². The van der Waals surface area contributed by atoms with E-state index in [9.17, 15) is 0 Å². The van der Waals surface area contributed by atoms with Crippen molar-refractivity contribution in [2.24, 2.45) is 5.92 Å². The van der Waals surface area contributed by atoms with Crippen LogP contribution in [0.1, 0.15) is 31.7 Å². The lowest BCUT2D eigenvalue weighted by molar-refractivity contribution is 0.0672. The number of fused-ring (bicyclic) bond motifs is 1. The molecular weight excluding hydrogens is 340 g/mol. The van der Waals surface area contributed by atoms with Gasteiger partial charge in [0.15, 0.2) is 11.3 Å². The number of nitrogens with one attached hydrogen (secondary N) is 1. The Bertz CT molecular complexity index is 894. The van der Waals surface area contributed by atoms with Gasteiger partial charge in [0.25, 0.3) is 0 Å². The molecule has 0 aromatic carbocycles. The Labute approximate surface area is 151 Å². The summed E-state index contributed by atoms with van der Waals surface area (Å²) in [5, 5.41) is 7.77. The fraction of sp³-hybridized carbons (Fsp3) is 0.412. The zero-order valence-electron chi connectivity index (χ0n) is 14.7. The molecule has 1 N–H and O–H groups in total. The summed E-state index contributed by atoms with van der Waals surface area (Å²) < 4.78 is 0. The molecule has 1 atom stereocenters. The van der Waals surface area contributed by atoms with Crippen molar-refractivity contribution in [1.29, 1.82) is 0 Å². The fourth-order valence-corrected chi connectivity index (χ4v) is 2.49. The average molecular weight is 361 g/mol. The van der Waals surface area contributed by atoms with Gasteiger partial charge < -0.3 is 10.2 Å². The van der Waals surface area contributed by atoms with Crippen molar-refractivity contribution in [1.82, 2.24) is 24.9 Å². The van der Waals surface area contributed by atoms with Gasteiger partial charge >= 0.3 is 0 Å². The van der Waals surface area contributed by atoms with Gasteiger partial charge in [0.1, 0.15) is 17.9 Å². The first kappa shape index (κ1) is 17.4. The van der Waals surface area contributed by atoms with Gasteiger partial charge in [-0.2, -0.15) is 4.98 Å². The van der Waals surface area contributed by atoms with E-state index < -0.39 is 0 Å². The minimum absolute atomic E-state index is 0.146. The van der Waals surface area contributed by atoms with E-state index in [0.717, 1.165) is 17.8 Å². The van der Waals surface area contributed by atoms with Crippen molar-refractivity contribution in [2.45, 2.75) is 34.1 Å². The molecule has 8 heteroatoms. The summed E-state index contributed by atoms with van der Waals surface area (Å²) in [7, 11) is 0. The second-order valence-corrected chi connectivity index (χ2v) is 6.43. The standard InChI is InChI=1S/C17H21ClN6O/c1-5-10(2)9-25-24-15-14(12(4)23-24)21-17(18)22-16(15)20-13-8-6-7-11(3)19-13/h6-8,10H,5,9H2,1-4H3,(H,19,20,21,22). The van der Waals surface area contributed by atoms with Crippen molar-refractivity contribution in [3.05, 3.63) is 34.9 Å². The number of hydrogen-bond acceptors (Lipinski definition) is 6. The van der Waals surface area contributed by atoms with Crippen LogP contribution in [0.5, 0.6) is 0 Å². The lowest BCUT2D eigenvalue weighted by atomic mass is 10.1. The topological polar surface area (TPSA) is 77.8 Å². The number of pyridine rings is 1. The molecule has 7 nitrogen and oxygen atoms in total. The lowest BCUT2D eigenvalue weighted by Gasteiger charge is -2.12. The van der Waals surface area contributed by atoms with Gasteiger partial charge in [-0.1, -0.05) is 31.2 Å². The largest absolute Gasteiger partial charge is 0.396 e. The van der Waals surface area contributed by atoms with Crippen molar-refractivity contribution in [3.63, 3.8) is 0 Å². The number of aryl methyl sites for hydroxylation is 2. The number of hydrogen-bond donors (Lipinski definition) is 1. The first-order chi connectivity index (χ1) is 12.0. The van der Waals surface area contributed by atoms with E-state index >= 15 is 0 Å². The van der Waals surface area contributed by atoms with Gasteiger partial charge in [-0.05, 0) is 43.5 Å². The van der Waals surface area contributed by atoms with E-state index in [4.69, 9.17) is 16.4 Å². The smallest absolute Gasteiger partial charge is 0.225 e. The summed E-state index contributed by atoms with van der Waals surface area (Å²) in [6.45, 7) is 8.60. The van der Waals surface area contributed by atoms with E-state index in [-0.39, 0.29) is 5.28 Å². The second kappa shape index (κ2) is 7.23. The number of anilines is 2. The second-order valence-electron chi connectivity index (χ2n) is 6.10. The van der Waals surface area contributed by atoms with Gasteiger partial charge in [-0.15, -0.1) is 5.10 Å². The summed E-state index contributed by atoms with van der Waals surface area (Å²) in [6, 6.07) is 5.71. The van der Waals surface area contributed by atoms with Crippen LogP contribution >= 0.6 is 11.6 Å². The third kappa shape index (κ3) is 3.82. The quantitative estimate of drug-likeness (QED) is 0.675. The number of rotatable bonds is 6. The van der Waals surface area contributed by atoms with Crippen molar-refractivity contribution in [2.75, 3.05) is 11.9 Å². The van der Waals surface area contributed by atoms with E-state index in [1.54, 1.807) is 0 Å². The molecule has 25 heavy (non-hydrogen) atoms. The average Bonchev–Trinajstić information content (AvgIpc) is 2.89. The third-order valence-corrected chi connectivity index (χ3v) is 4.11. The maximum Gasteiger partial charge on any atom is 0.225 e. The summed E-state index contributed by atoms with van der Waals surface area (Å²) in [5.41, 5.74) is 2.93. The van der Waals surface area contributed by atoms with Crippen molar-refractivity contribution in [3.8, 4) is 0 Å². The number of nitrogens with zero attached hydrogens (tertiary/aromatic N) is 5. The highest BCUT2D eigenvalue weighted by molar-refractivity contribution is 6.28. The molecule has 3 rings (SSSR count). The van der Waals surface area contributed by atoms with Gasteiger partial charge in [-0.3, -0.25) is 0 Å². The van der Waals surface area contributed by atoms with E-state index in [0.29, 0.717) is 35.2 Å². The van der Waals surface area contributed by atoms with Crippen molar-refractivity contribution >= 4 is 34.3 Å². The van der Waals surface area contributed by atoms with Crippen LogP contribution < -0.4 is 10.2 Å². The lowest BCUT2D eigenvalue weighted by Crippen LogP contribution is -2.19. The number of aromatic nitrogens is 5. The predicted octanol–water partition coefficient (Wildman–Crippen LogP) is 3.71. The predicted molar refractivity (Wildman–Crippen MR) is 98.2 cm³/mol. The molecule has 0 spiro atoms. The molecule has 0 amide bonds. The molecular formula is C17H21ClN6O. The minimum Gasteiger partial charge on any atom is -0.396 e. The molecule has 3 heterocycles. The molecule has 0 bridgehead atoms. The van der Waals surface area contributed by atoms with Crippen molar-refractivity contribution < 1.29 is 4.84 Å². The molecule has 0 radical (unpaired) electrons. The van der Waals surface area contributed by atoms with Gasteiger partial charge in [0, 0.05) is 5.69 Å².